The number of rotatable bonds is 8. The molecule has 0 aromatic heterocycles. The van der Waals surface area contributed by atoms with Crippen molar-refractivity contribution >= 4 is 23.3 Å². The fourth-order valence-electron chi connectivity index (χ4n) is 2.02. The molecule has 2 atom stereocenters. The summed E-state index contributed by atoms with van der Waals surface area (Å²) in [6.07, 6.45) is 0.662. The first-order valence-electron chi connectivity index (χ1n) is 7.27. The van der Waals surface area contributed by atoms with Crippen molar-refractivity contribution in [1.82, 2.24) is 5.32 Å². The van der Waals surface area contributed by atoms with Crippen LogP contribution >= 0.6 is 0 Å². The van der Waals surface area contributed by atoms with Gasteiger partial charge in [-0.2, -0.15) is 0 Å². The number of carbonyl (C=O) groups is 2. The predicted molar refractivity (Wildman–Crippen MR) is 85.3 cm³/mol. The highest BCUT2D eigenvalue weighted by Gasteiger charge is 2.23. The standard InChI is InChI=1S/C15H21N3O5/c1-4-9(2)14(15(20)21)16-8-13(19)17-12-7-11(18(22)23)6-5-10(12)3/h5-7,9,14,16H,4,8H2,1-3H3,(H,17,19)(H,20,21)/t9-,14-/m0/s1. The van der Waals surface area contributed by atoms with Crippen LogP contribution in [0.25, 0.3) is 0 Å². The van der Waals surface area contributed by atoms with Crippen molar-refractivity contribution in [2.45, 2.75) is 33.2 Å². The van der Waals surface area contributed by atoms with Gasteiger partial charge in [-0.3, -0.25) is 25.0 Å². The van der Waals surface area contributed by atoms with Crippen molar-refractivity contribution in [1.29, 1.82) is 0 Å². The fraction of sp³-hybridized carbons (Fsp3) is 0.467. The van der Waals surface area contributed by atoms with Crippen molar-refractivity contribution in [2.75, 3.05) is 11.9 Å². The minimum atomic E-state index is -1.02. The summed E-state index contributed by atoms with van der Waals surface area (Å²) in [5, 5.41) is 25.2. The Morgan fingerprint density at radius 3 is 2.57 bits per heavy atom. The Balaban J connectivity index is 2.71. The first-order valence-corrected chi connectivity index (χ1v) is 7.27. The lowest BCUT2D eigenvalue weighted by atomic mass is 9.99. The van der Waals surface area contributed by atoms with E-state index in [2.05, 4.69) is 10.6 Å². The van der Waals surface area contributed by atoms with Gasteiger partial charge < -0.3 is 10.4 Å². The van der Waals surface area contributed by atoms with E-state index in [-0.39, 0.29) is 18.2 Å². The molecule has 0 heterocycles. The maximum atomic E-state index is 11.9. The molecular weight excluding hydrogens is 302 g/mol. The van der Waals surface area contributed by atoms with Gasteiger partial charge in [0, 0.05) is 12.1 Å². The van der Waals surface area contributed by atoms with Crippen molar-refractivity contribution in [3.05, 3.63) is 33.9 Å². The van der Waals surface area contributed by atoms with Gasteiger partial charge in [0.05, 0.1) is 17.2 Å². The number of aryl methyl sites for hydroxylation is 1. The largest absolute Gasteiger partial charge is 0.480 e. The Morgan fingerprint density at radius 1 is 1.39 bits per heavy atom. The Hall–Kier alpha value is -2.48. The molecule has 8 nitrogen and oxygen atoms in total. The number of nitrogens with one attached hydrogen (secondary N) is 2. The number of benzene rings is 1. The molecule has 1 aromatic carbocycles. The van der Waals surface area contributed by atoms with Crippen LogP contribution in [-0.4, -0.2) is 34.5 Å². The normalized spacial score (nSPS) is 13.2. The van der Waals surface area contributed by atoms with Crippen LogP contribution in [0.15, 0.2) is 18.2 Å². The number of nitro groups is 1. The highest BCUT2D eigenvalue weighted by atomic mass is 16.6. The van der Waals surface area contributed by atoms with Crippen molar-refractivity contribution in [3.8, 4) is 0 Å². The van der Waals surface area contributed by atoms with E-state index in [9.17, 15) is 19.7 Å². The molecule has 1 rings (SSSR count). The zero-order chi connectivity index (χ0) is 17.6. The third-order valence-corrected chi connectivity index (χ3v) is 3.67. The highest BCUT2D eigenvalue weighted by molar-refractivity contribution is 5.93. The van der Waals surface area contributed by atoms with Gasteiger partial charge in [-0.05, 0) is 18.4 Å². The van der Waals surface area contributed by atoms with Crippen LogP contribution < -0.4 is 10.6 Å². The Labute approximate surface area is 134 Å². The maximum Gasteiger partial charge on any atom is 0.320 e. The zero-order valence-electron chi connectivity index (χ0n) is 13.3. The van der Waals surface area contributed by atoms with Crippen molar-refractivity contribution in [2.24, 2.45) is 5.92 Å². The number of carboxylic acids is 1. The van der Waals surface area contributed by atoms with Crippen LogP contribution in [0.3, 0.4) is 0 Å². The molecular formula is C15H21N3O5. The van der Waals surface area contributed by atoms with E-state index in [1.54, 1.807) is 19.9 Å². The van der Waals surface area contributed by atoms with E-state index < -0.39 is 22.8 Å². The van der Waals surface area contributed by atoms with Crippen LogP contribution in [-0.2, 0) is 9.59 Å². The SMILES string of the molecule is CC[C@H](C)[C@H](NCC(=O)Nc1cc([N+](=O)[O-])ccc1C)C(=O)O. The monoisotopic (exact) mass is 323 g/mol. The Bertz CT molecular complexity index is 603. The number of hydrogen-bond donors (Lipinski definition) is 3. The first-order chi connectivity index (χ1) is 10.8. The van der Waals surface area contributed by atoms with Crippen molar-refractivity contribution < 1.29 is 19.6 Å². The Kier molecular flexibility index (Phi) is 6.65. The Morgan fingerprint density at radius 2 is 2.04 bits per heavy atom. The van der Waals surface area contributed by atoms with Gasteiger partial charge in [-0.25, -0.2) is 0 Å². The molecule has 0 fully saturated rings. The molecule has 1 amide bonds. The third kappa shape index (κ3) is 5.33. The molecule has 0 aliphatic carbocycles. The van der Waals surface area contributed by atoms with Gasteiger partial charge in [-0.15, -0.1) is 0 Å². The zero-order valence-corrected chi connectivity index (χ0v) is 13.3. The van der Waals surface area contributed by atoms with Gasteiger partial charge in [0.1, 0.15) is 6.04 Å². The molecule has 3 N–H and O–H groups in total. The number of carboxylic acid groups (broad SMARTS) is 1. The number of amides is 1. The van der Waals surface area contributed by atoms with E-state index in [1.807, 2.05) is 6.92 Å². The quantitative estimate of drug-likeness (QED) is 0.496. The maximum absolute atomic E-state index is 11.9. The van der Waals surface area contributed by atoms with Gasteiger partial charge in [0.2, 0.25) is 5.91 Å². The summed E-state index contributed by atoms with van der Waals surface area (Å²) in [5.41, 5.74) is 0.893. The molecule has 0 aliphatic rings. The number of aliphatic carboxylic acids is 1. The average Bonchev–Trinajstić information content (AvgIpc) is 2.48. The van der Waals surface area contributed by atoms with E-state index >= 15 is 0 Å². The van der Waals surface area contributed by atoms with Gasteiger partial charge in [0.15, 0.2) is 0 Å². The van der Waals surface area contributed by atoms with Crippen LogP contribution in [0.4, 0.5) is 11.4 Å². The lowest BCUT2D eigenvalue weighted by Gasteiger charge is -2.20. The molecule has 126 valence electrons. The topological polar surface area (TPSA) is 122 Å². The second-order valence-corrected chi connectivity index (χ2v) is 5.39. The third-order valence-electron chi connectivity index (χ3n) is 3.67. The average molecular weight is 323 g/mol. The molecule has 0 spiro atoms. The predicted octanol–water partition coefficient (Wildman–Crippen LogP) is 1.93. The minimum absolute atomic E-state index is 0.123. The molecule has 0 saturated heterocycles. The number of nitrogens with zero attached hydrogens (tertiary/aromatic N) is 1. The van der Waals surface area contributed by atoms with Crippen molar-refractivity contribution in [3.63, 3.8) is 0 Å². The summed E-state index contributed by atoms with van der Waals surface area (Å²) in [7, 11) is 0. The number of carbonyl (C=O) groups excluding carboxylic acids is 1. The first kappa shape index (κ1) is 18.6. The summed E-state index contributed by atoms with van der Waals surface area (Å²) >= 11 is 0. The molecule has 1 aromatic rings. The summed E-state index contributed by atoms with van der Waals surface area (Å²) in [5.74, 6) is -1.60. The molecule has 0 radical (unpaired) electrons. The minimum Gasteiger partial charge on any atom is -0.480 e. The highest BCUT2D eigenvalue weighted by Crippen LogP contribution is 2.21. The lowest BCUT2D eigenvalue weighted by molar-refractivity contribution is -0.384. The smallest absolute Gasteiger partial charge is 0.320 e. The van der Waals surface area contributed by atoms with Crippen LogP contribution in [0.5, 0.6) is 0 Å². The molecule has 23 heavy (non-hydrogen) atoms. The summed E-state index contributed by atoms with van der Waals surface area (Å²) < 4.78 is 0. The second kappa shape index (κ2) is 8.23. The molecule has 0 aliphatic heterocycles. The van der Waals surface area contributed by atoms with E-state index in [4.69, 9.17) is 5.11 Å². The lowest BCUT2D eigenvalue weighted by Crippen LogP contribution is -2.45. The second-order valence-electron chi connectivity index (χ2n) is 5.39. The summed E-state index contributed by atoms with van der Waals surface area (Å²) in [6, 6.07) is 3.35. The van der Waals surface area contributed by atoms with E-state index in [1.165, 1.54) is 12.1 Å². The van der Waals surface area contributed by atoms with E-state index in [0.717, 1.165) is 0 Å². The number of nitro benzene ring substituents is 1. The van der Waals surface area contributed by atoms with Gasteiger partial charge in [-0.1, -0.05) is 26.3 Å². The molecule has 0 unspecified atom stereocenters. The number of non-ortho nitro benzene ring substituents is 1. The van der Waals surface area contributed by atoms with Crippen LogP contribution in [0.2, 0.25) is 0 Å². The molecule has 0 bridgehead atoms. The number of hydrogen-bond acceptors (Lipinski definition) is 5. The van der Waals surface area contributed by atoms with Gasteiger partial charge in [0.25, 0.3) is 5.69 Å². The summed E-state index contributed by atoms with van der Waals surface area (Å²) in [6.45, 7) is 5.18. The van der Waals surface area contributed by atoms with E-state index in [0.29, 0.717) is 17.7 Å². The van der Waals surface area contributed by atoms with Gasteiger partial charge >= 0.3 is 5.97 Å². The van der Waals surface area contributed by atoms with Crippen LogP contribution in [0, 0.1) is 23.0 Å². The molecule has 0 saturated carbocycles. The fourth-order valence-corrected chi connectivity index (χ4v) is 2.02. The molecule has 8 heteroatoms. The summed E-state index contributed by atoms with van der Waals surface area (Å²) in [4.78, 5) is 33.3. The van der Waals surface area contributed by atoms with Crippen LogP contribution in [0.1, 0.15) is 25.8 Å². The number of anilines is 1.